The third kappa shape index (κ3) is 3.12. The molecule has 0 aromatic heterocycles. The molecule has 1 aromatic rings. The van der Waals surface area contributed by atoms with Gasteiger partial charge in [0.15, 0.2) is 0 Å². The predicted octanol–water partition coefficient (Wildman–Crippen LogP) is 1.50. The van der Waals surface area contributed by atoms with Crippen LogP contribution in [0.1, 0.15) is 18.9 Å². The molecule has 102 valence electrons. The maximum atomic E-state index is 11.9. The molecule has 0 aliphatic carbocycles. The van der Waals surface area contributed by atoms with Gasteiger partial charge in [-0.3, -0.25) is 9.59 Å². The van der Waals surface area contributed by atoms with Crippen molar-refractivity contribution in [1.29, 1.82) is 0 Å². The Morgan fingerprint density at radius 3 is 2.42 bits per heavy atom. The van der Waals surface area contributed by atoms with E-state index >= 15 is 0 Å². The Balaban J connectivity index is 2.10. The molecular weight excluding hydrogens is 242 g/mol. The molecule has 1 saturated heterocycles. The molecular formula is C14H19N3O2. The van der Waals surface area contributed by atoms with Gasteiger partial charge in [0.2, 0.25) is 11.8 Å². The minimum absolute atomic E-state index is 0.0285. The first kappa shape index (κ1) is 13.5. The zero-order chi connectivity index (χ0) is 13.8. The molecule has 5 heteroatoms. The Morgan fingerprint density at radius 2 is 1.89 bits per heavy atom. The van der Waals surface area contributed by atoms with E-state index in [9.17, 15) is 9.59 Å². The van der Waals surface area contributed by atoms with Crippen molar-refractivity contribution >= 4 is 23.2 Å². The number of hydrogen-bond acceptors (Lipinski definition) is 3. The van der Waals surface area contributed by atoms with E-state index in [2.05, 4.69) is 16.0 Å². The van der Waals surface area contributed by atoms with Crippen LogP contribution in [0.25, 0.3) is 0 Å². The summed E-state index contributed by atoms with van der Waals surface area (Å²) in [6.07, 6.45) is 0.434. The molecule has 5 nitrogen and oxygen atoms in total. The molecule has 1 fully saturated rings. The van der Waals surface area contributed by atoms with Gasteiger partial charge < -0.3 is 16.0 Å². The molecule has 2 amide bonds. The van der Waals surface area contributed by atoms with Crippen LogP contribution in [-0.2, 0) is 9.59 Å². The minimum Gasteiger partial charge on any atom is -0.326 e. The van der Waals surface area contributed by atoms with E-state index in [4.69, 9.17) is 0 Å². The third-order valence-corrected chi connectivity index (χ3v) is 3.34. The summed E-state index contributed by atoms with van der Waals surface area (Å²) >= 11 is 0. The number of rotatable bonds is 4. The molecule has 19 heavy (non-hydrogen) atoms. The first-order valence-corrected chi connectivity index (χ1v) is 6.53. The van der Waals surface area contributed by atoms with Crippen molar-refractivity contribution < 1.29 is 9.59 Å². The molecule has 1 aliphatic rings. The van der Waals surface area contributed by atoms with Crippen LogP contribution in [0.2, 0.25) is 0 Å². The molecule has 3 N–H and O–H groups in total. The lowest BCUT2D eigenvalue weighted by molar-refractivity contribution is -0.121. The average molecular weight is 261 g/mol. The fourth-order valence-corrected chi connectivity index (χ4v) is 1.85. The molecule has 0 saturated carbocycles. The quantitative estimate of drug-likeness (QED) is 0.769. The number of hydrogen-bond donors (Lipinski definition) is 3. The second-order valence-corrected chi connectivity index (χ2v) is 4.72. The number of anilines is 2. The third-order valence-electron chi connectivity index (χ3n) is 3.34. The van der Waals surface area contributed by atoms with Gasteiger partial charge in [0.1, 0.15) is 0 Å². The molecule has 1 aliphatic heterocycles. The molecule has 1 aromatic carbocycles. The van der Waals surface area contributed by atoms with Gasteiger partial charge in [-0.15, -0.1) is 0 Å². The Kier molecular flexibility index (Phi) is 4.16. The predicted molar refractivity (Wildman–Crippen MR) is 75.1 cm³/mol. The van der Waals surface area contributed by atoms with Crippen LogP contribution in [0.5, 0.6) is 0 Å². The van der Waals surface area contributed by atoms with E-state index in [-0.39, 0.29) is 17.7 Å². The van der Waals surface area contributed by atoms with Gasteiger partial charge in [-0.25, -0.2) is 0 Å². The smallest absolute Gasteiger partial charge is 0.230 e. The normalized spacial score (nSPS) is 14.6. The van der Waals surface area contributed by atoms with E-state index < -0.39 is 0 Å². The van der Waals surface area contributed by atoms with Gasteiger partial charge in [0.05, 0.1) is 5.92 Å². The highest BCUT2D eigenvalue weighted by atomic mass is 16.2. The Morgan fingerprint density at radius 1 is 1.26 bits per heavy atom. The minimum atomic E-state index is -0.0326. The molecule has 0 bridgehead atoms. The van der Waals surface area contributed by atoms with Crippen LogP contribution < -0.4 is 16.0 Å². The highest BCUT2D eigenvalue weighted by molar-refractivity contribution is 5.97. The van der Waals surface area contributed by atoms with Crippen LogP contribution in [0.15, 0.2) is 18.2 Å². The number of nitrogens with one attached hydrogen (secondary N) is 3. The number of carbonyl (C=O) groups excluding carboxylic acids is 2. The standard InChI is InChI=1S/C14H19N3O2/c1-3-13(18)16-11-5-4-6-12(9(11)2)17-14(19)10-7-15-8-10/h4-6,10,15H,3,7-8H2,1-2H3,(H,16,18)(H,17,19). The van der Waals surface area contributed by atoms with Crippen molar-refractivity contribution in [1.82, 2.24) is 5.32 Å². The second-order valence-electron chi connectivity index (χ2n) is 4.72. The van der Waals surface area contributed by atoms with Crippen LogP contribution in [-0.4, -0.2) is 24.9 Å². The molecule has 0 atom stereocenters. The van der Waals surface area contributed by atoms with E-state index in [1.165, 1.54) is 0 Å². The molecule has 0 spiro atoms. The van der Waals surface area contributed by atoms with Crippen LogP contribution in [0.3, 0.4) is 0 Å². The lowest BCUT2D eigenvalue weighted by Crippen LogP contribution is -2.48. The van der Waals surface area contributed by atoms with Crippen molar-refractivity contribution in [3.8, 4) is 0 Å². The molecule has 2 rings (SSSR count). The fraction of sp³-hybridized carbons (Fsp3) is 0.429. The number of carbonyl (C=O) groups is 2. The average Bonchev–Trinajstić information content (AvgIpc) is 2.31. The van der Waals surface area contributed by atoms with Gasteiger partial charge in [0.25, 0.3) is 0 Å². The van der Waals surface area contributed by atoms with Gasteiger partial charge in [-0.2, -0.15) is 0 Å². The molecule has 1 heterocycles. The van der Waals surface area contributed by atoms with Gasteiger partial charge >= 0.3 is 0 Å². The maximum Gasteiger partial charge on any atom is 0.230 e. The Hall–Kier alpha value is -1.88. The number of benzene rings is 1. The number of amides is 2. The lowest BCUT2D eigenvalue weighted by atomic mass is 10.0. The molecule has 0 radical (unpaired) electrons. The summed E-state index contributed by atoms with van der Waals surface area (Å²) in [4.78, 5) is 23.3. The topological polar surface area (TPSA) is 70.2 Å². The SMILES string of the molecule is CCC(=O)Nc1cccc(NC(=O)C2CNC2)c1C. The summed E-state index contributed by atoms with van der Waals surface area (Å²) in [5.41, 5.74) is 2.38. The van der Waals surface area contributed by atoms with Crippen molar-refractivity contribution in [3.63, 3.8) is 0 Å². The second kappa shape index (κ2) is 5.84. The zero-order valence-electron chi connectivity index (χ0n) is 11.2. The first-order chi connectivity index (χ1) is 9.11. The zero-order valence-corrected chi connectivity index (χ0v) is 11.2. The van der Waals surface area contributed by atoms with Crippen molar-refractivity contribution in [2.45, 2.75) is 20.3 Å². The first-order valence-electron chi connectivity index (χ1n) is 6.53. The molecule has 0 unspecified atom stereocenters. The van der Waals surface area contributed by atoms with E-state index in [1.54, 1.807) is 6.92 Å². The van der Waals surface area contributed by atoms with Crippen molar-refractivity contribution in [3.05, 3.63) is 23.8 Å². The van der Waals surface area contributed by atoms with E-state index in [1.807, 2.05) is 25.1 Å². The lowest BCUT2D eigenvalue weighted by Gasteiger charge is -2.26. The van der Waals surface area contributed by atoms with Gasteiger partial charge in [-0.05, 0) is 24.6 Å². The highest BCUT2D eigenvalue weighted by Crippen LogP contribution is 2.24. The fourth-order valence-electron chi connectivity index (χ4n) is 1.85. The summed E-state index contributed by atoms with van der Waals surface area (Å²) in [6, 6.07) is 5.51. The van der Waals surface area contributed by atoms with Crippen molar-refractivity contribution in [2.75, 3.05) is 23.7 Å². The van der Waals surface area contributed by atoms with Gasteiger partial charge in [-0.1, -0.05) is 13.0 Å². The monoisotopic (exact) mass is 261 g/mol. The largest absolute Gasteiger partial charge is 0.326 e. The van der Waals surface area contributed by atoms with Crippen LogP contribution in [0.4, 0.5) is 11.4 Å². The van der Waals surface area contributed by atoms with Crippen LogP contribution >= 0.6 is 0 Å². The summed E-state index contributed by atoms with van der Waals surface area (Å²) in [5, 5.41) is 8.81. The Bertz CT molecular complexity index is 495. The summed E-state index contributed by atoms with van der Waals surface area (Å²) in [5.74, 6) is 0.0453. The summed E-state index contributed by atoms with van der Waals surface area (Å²) < 4.78 is 0. The van der Waals surface area contributed by atoms with Crippen molar-refractivity contribution in [2.24, 2.45) is 5.92 Å². The van der Waals surface area contributed by atoms with E-state index in [0.717, 1.165) is 30.0 Å². The van der Waals surface area contributed by atoms with Gasteiger partial charge in [0, 0.05) is 30.9 Å². The Labute approximate surface area is 112 Å². The highest BCUT2D eigenvalue weighted by Gasteiger charge is 2.25. The summed E-state index contributed by atoms with van der Waals surface area (Å²) in [6.45, 7) is 5.16. The summed E-state index contributed by atoms with van der Waals surface area (Å²) in [7, 11) is 0. The van der Waals surface area contributed by atoms with E-state index in [0.29, 0.717) is 6.42 Å². The van der Waals surface area contributed by atoms with Crippen LogP contribution in [0, 0.1) is 12.8 Å². The maximum absolute atomic E-state index is 11.9.